The van der Waals surface area contributed by atoms with E-state index in [1.165, 1.54) is 7.11 Å². The Morgan fingerprint density at radius 3 is 2.20 bits per heavy atom. The molecule has 0 aromatic heterocycles. The summed E-state index contributed by atoms with van der Waals surface area (Å²) in [6.07, 6.45) is 0.317. The minimum Gasteiger partial charge on any atom is -0.465 e. The predicted octanol–water partition coefficient (Wildman–Crippen LogP) is 1.00. The molecule has 0 atom stereocenters. The van der Waals surface area contributed by atoms with Crippen molar-refractivity contribution in [2.45, 2.75) is 6.42 Å². The third kappa shape index (κ3) is 2.89. The van der Waals surface area contributed by atoms with E-state index in [1.807, 2.05) is 0 Å². The average molecular weight is 207 g/mol. The molecule has 1 rings (SSSR count). The van der Waals surface area contributed by atoms with Gasteiger partial charge in [-0.3, -0.25) is 4.79 Å². The second kappa shape index (κ2) is 5.26. The fourth-order valence-electron chi connectivity index (χ4n) is 1.19. The second-order valence-electron chi connectivity index (χ2n) is 3.03. The second-order valence-corrected chi connectivity index (χ2v) is 3.03. The van der Waals surface area contributed by atoms with Gasteiger partial charge in [-0.05, 0) is 18.7 Å². The molecule has 0 amide bonds. The standard InChI is InChI=1S/C11H13NO3/c1-15-11(14)9-4-2-8(3-5-9)10(13)6-7-12/h2-5H,6-7,12H2,1H3. The van der Waals surface area contributed by atoms with Gasteiger partial charge in [0.25, 0.3) is 0 Å². The predicted molar refractivity (Wildman–Crippen MR) is 55.8 cm³/mol. The summed E-state index contributed by atoms with van der Waals surface area (Å²) in [7, 11) is 1.32. The molecule has 1 aromatic rings. The zero-order valence-electron chi connectivity index (χ0n) is 8.53. The molecule has 4 heteroatoms. The maximum atomic E-state index is 11.4. The monoisotopic (exact) mass is 207 g/mol. The number of rotatable bonds is 4. The topological polar surface area (TPSA) is 69.4 Å². The van der Waals surface area contributed by atoms with Crippen molar-refractivity contribution in [3.8, 4) is 0 Å². The molecule has 0 bridgehead atoms. The highest BCUT2D eigenvalue weighted by Crippen LogP contribution is 2.07. The van der Waals surface area contributed by atoms with Gasteiger partial charge in [-0.1, -0.05) is 12.1 Å². The minimum atomic E-state index is -0.409. The molecule has 0 aliphatic carbocycles. The Hall–Kier alpha value is -1.68. The van der Waals surface area contributed by atoms with E-state index in [4.69, 9.17) is 5.73 Å². The summed E-state index contributed by atoms with van der Waals surface area (Å²) in [5.41, 5.74) is 6.27. The van der Waals surface area contributed by atoms with Gasteiger partial charge in [0.15, 0.2) is 5.78 Å². The Morgan fingerprint density at radius 2 is 1.73 bits per heavy atom. The van der Waals surface area contributed by atoms with Gasteiger partial charge >= 0.3 is 5.97 Å². The molecule has 80 valence electrons. The minimum absolute atomic E-state index is 0.0195. The van der Waals surface area contributed by atoms with Crippen LogP contribution in [0.5, 0.6) is 0 Å². The Bertz CT molecular complexity index is 357. The van der Waals surface area contributed by atoms with Gasteiger partial charge in [0.05, 0.1) is 12.7 Å². The summed E-state index contributed by atoms with van der Waals surface area (Å²) >= 11 is 0. The number of esters is 1. The summed E-state index contributed by atoms with van der Waals surface area (Å²) in [6, 6.07) is 6.33. The fraction of sp³-hybridized carbons (Fsp3) is 0.273. The molecule has 4 nitrogen and oxygen atoms in total. The summed E-state index contributed by atoms with van der Waals surface area (Å²) < 4.78 is 4.54. The summed E-state index contributed by atoms with van der Waals surface area (Å²) in [5.74, 6) is -0.429. The first-order chi connectivity index (χ1) is 7.19. The summed E-state index contributed by atoms with van der Waals surface area (Å²) in [6.45, 7) is 0.331. The van der Waals surface area contributed by atoms with E-state index in [9.17, 15) is 9.59 Å². The molecule has 0 heterocycles. The highest BCUT2D eigenvalue weighted by atomic mass is 16.5. The number of hydrogen-bond donors (Lipinski definition) is 1. The first-order valence-electron chi connectivity index (χ1n) is 4.60. The van der Waals surface area contributed by atoms with E-state index in [1.54, 1.807) is 24.3 Å². The zero-order chi connectivity index (χ0) is 11.3. The van der Waals surface area contributed by atoms with Gasteiger partial charge in [-0.2, -0.15) is 0 Å². The van der Waals surface area contributed by atoms with E-state index < -0.39 is 5.97 Å². The molecule has 15 heavy (non-hydrogen) atoms. The van der Waals surface area contributed by atoms with Crippen LogP contribution in [0.2, 0.25) is 0 Å². The number of methoxy groups -OCH3 is 1. The van der Waals surface area contributed by atoms with Crippen LogP contribution < -0.4 is 5.73 Å². The first-order valence-corrected chi connectivity index (χ1v) is 4.60. The Kier molecular flexibility index (Phi) is 4.00. The molecule has 1 aromatic carbocycles. The number of Topliss-reactive ketones (excluding diaryl/α,β-unsaturated/α-hetero) is 1. The highest BCUT2D eigenvalue weighted by molar-refractivity contribution is 5.97. The van der Waals surface area contributed by atoms with Gasteiger partial charge in [0, 0.05) is 12.0 Å². The van der Waals surface area contributed by atoms with E-state index >= 15 is 0 Å². The van der Waals surface area contributed by atoms with Gasteiger partial charge in [-0.25, -0.2) is 4.79 Å². The van der Waals surface area contributed by atoms with Crippen LogP contribution in [0.15, 0.2) is 24.3 Å². The maximum Gasteiger partial charge on any atom is 0.337 e. The van der Waals surface area contributed by atoms with Gasteiger partial charge in [0.1, 0.15) is 0 Å². The molecule has 0 aliphatic heterocycles. The van der Waals surface area contributed by atoms with Crippen LogP contribution in [0.4, 0.5) is 0 Å². The number of carbonyl (C=O) groups is 2. The molecule has 0 spiro atoms. The van der Waals surface area contributed by atoms with Crippen LogP contribution in [-0.2, 0) is 4.74 Å². The molecular formula is C11H13NO3. The van der Waals surface area contributed by atoms with Crippen LogP contribution in [0.3, 0.4) is 0 Å². The molecule has 0 radical (unpaired) electrons. The van der Waals surface area contributed by atoms with Crippen LogP contribution in [0, 0.1) is 0 Å². The molecule has 2 N–H and O–H groups in total. The lowest BCUT2D eigenvalue weighted by atomic mass is 10.1. The number of hydrogen-bond acceptors (Lipinski definition) is 4. The first kappa shape index (κ1) is 11.4. The smallest absolute Gasteiger partial charge is 0.337 e. The highest BCUT2D eigenvalue weighted by Gasteiger charge is 2.07. The third-order valence-electron chi connectivity index (χ3n) is 2.00. The van der Waals surface area contributed by atoms with Crippen molar-refractivity contribution in [2.75, 3.05) is 13.7 Å². The summed E-state index contributed by atoms with van der Waals surface area (Å²) in [4.78, 5) is 22.5. The van der Waals surface area contributed by atoms with Crippen LogP contribution >= 0.6 is 0 Å². The lowest BCUT2D eigenvalue weighted by molar-refractivity contribution is 0.0600. The van der Waals surface area contributed by atoms with E-state index in [-0.39, 0.29) is 5.78 Å². The van der Waals surface area contributed by atoms with Gasteiger partial charge in [-0.15, -0.1) is 0 Å². The van der Waals surface area contributed by atoms with Crippen molar-refractivity contribution in [3.05, 3.63) is 35.4 Å². The number of ketones is 1. The summed E-state index contributed by atoms with van der Waals surface area (Å²) in [5, 5.41) is 0. The Morgan fingerprint density at radius 1 is 1.20 bits per heavy atom. The molecule has 0 unspecified atom stereocenters. The number of ether oxygens (including phenoxy) is 1. The molecular weight excluding hydrogens is 194 g/mol. The molecule has 0 saturated carbocycles. The third-order valence-corrected chi connectivity index (χ3v) is 2.00. The lowest BCUT2D eigenvalue weighted by Crippen LogP contribution is -2.08. The molecule has 0 saturated heterocycles. The largest absolute Gasteiger partial charge is 0.465 e. The van der Waals surface area contributed by atoms with Crippen molar-refractivity contribution in [1.82, 2.24) is 0 Å². The SMILES string of the molecule is COC(=O)c1ccc(C(=O)CCN)cc1. The lowest BCUT2D eigenvalue weighted by Gasteiger charge is -2.01. The van der Waals surface area contributed by atoms with Crippen molar-refractivity contribution >= 4 is 11.8 Å². The Balaban J connectivity index is 2.80. The normalized spacial score (nSPS) is 9.73. The van der Waals surface area contributed by atoms with Crippen LogP contribution in [0.25, 0.3) is 0 Å². The van der Waals surface area contributed by atoms with Crippen molar-refractivity contribution < 1.29 is 14.3 Å². The Labute approximate surface area is 88.0 Å². The number of nitrogens with two attached hydrogens (primary N) is 1. The number of benzene rings is 1. The van der Waals surface area contributed by atoms with Gasteiger partial charge < -0.3 is 10.5 Å². The van der Waals surface area contributed by atoms with Crippen LogP contribution in [-0.4, -0.2) is 25.4 Å². The molecule has 0 fully saturated rings. The quantitative estimate of drug-likeness (QED) is 0.590. The van der Waals surface area contributed by atoms with Crippen LogP contribution in [0.1, 0.15) is 27.1 Å². The van der Waals surface area contributed by atoms with E-state index in [0.717, 1.165) is 0 Å². The zero-order valence-corrected chi connectivity index (χ0v) is 8.53. The van der Waals surface area contributed by atoms with E-state index in [0.29, 0.717) is 24.1 Å². The van der Waals surface area contributed by atoms with Gasteiger partial charge in [0.2, 0.25) is 0 Å². The fourth-order valence-corrected chi connectivity index (χ4v) is 1.19. The van der Waals surface area contributed by atoms with Crippen molar-refractivity contribution in [2.24, 2.45) is 5.73 Å². The molecule has 0 aliphatic rings. The van der Waals surface area contributed by atoms with E-state index in [2.05, 4.69) is 4.74 Å². The average Bonchev–Trinajstić information content (AvgIpc) is 2.28. The maximum absolute atomic E-state index is 11.4. The number of carbonyl (C=O) groups excluding carboxylic acids is 2. The van der Waals surface area contributed by atoms with Crippen molar-refractivity contribution in [3.63, 3.8) is 0 Å². The van der Waals surface area contributed by atoms with Crippen molar-refractivity contribution in [1.29, 1.82) is 0 Å².